The van der Waals surface area contributed by atoms with Gasteiger partial charge in [-0.2, -0.15) is 39.9 Å². The molecule has 0 saturated carbocycles. The molecule has 0 radical (unpaired) electrons. The summed E-state index contributed by atoms with van der Waals surface area (Å²) >= 11 is 29.7. The van der Waals surface area contributed by atoms with Crippen molar-refractivity contribution in [2.45, 2.75) is 296 Å². The summed E-state index contributed by atoms with van der Waals surface area (Å²) < 4.78 is 35.1. The van der Waals surface area contributed by atoms with Gasteiger partial charge in [-0.25, -0.2) is 4.98 Å². The maximum Gasteiger partial charge on any atom is 0.322 e. The van der Waals surface area contributed by atoms with Crippen molar-refractivity contribution in [3.8, 4) is 18.0 Å². The van der Waals surface area contributed by atoms with Crippen molar-refractivity contribution < 1.29 is 42.8 Å². The molecule has 4 unspecified atom stereocenters. The van der Waals surface area contributed by atoms with E-state index in [0.717, 1.165) is 212 Å². The zero-order chi connectivity index (χ0) is 64.2. The van der Waals surface area contributed by atoms with Gasteiger partial charge in [-0.05, 0) is 154 Å². The van der Waals surface area contributed by atoms with E-state index in [1.165, 1.54) is 6.33 Å². The molecule has 0 aliphatic carbocycles. The van der Waals surface area contributed by atoms with Crippen LogP contribution in [-0.2, 0) is 28.6 Å². The first kappa shape index (κ1) is 78.8. The standard InChI is InChI=1S/C66H102Cl5N9O9/c1-4-7-31-40-52(87-64-73-51-72-59(67)76-64)43-34-25-19-13-10-16-22-28-37-46-56(81)84-49-55(86-58(83)48-39-30-24-18-12-15-21-27-36-45-54(42-33-9-6-3)89-66-79-62(70)75-63(71)80-66)50-85-57(82)47-38-29-23-17-11-14-20-26-35-44-53(41-32-8-5-2)88-65-77-60(68)74-61(69)78-65/h25-27,34-36,51-55H,4-24,28-33,37-50H2,1-3H3/b34-25+,35-26+,36-27+. The number of rotatable bonds is 56. The molecule has 0 aromatic carbocycles. The number of hydrogen-bond acceptors (Lipinski definition) is 18. The molecule has 0 fully saturated rings. The lowest BCUT2D eigenvalue weighted by Crippen LogP contribution is -2.30. The van der Waals surface area contributed by atoms with Crippen LogP contribution in [0.2, 0.25) is 26.4 Å². The fourth-order valence-corrected chi connectivity index (χ4v) is 10.5. The van der Waals surface area contributed by atoms with E-state index in [1.807, 2.05) is 0 Å². The van der Waals surface area contributed by atoms with Crippen LogP contribution in [-0.4, -0.2) is 100 Å². The third kappa shape index (κ3) is 43.8. The maximum atomic E-state index is 13.1. The number of aromatic nitrogens is 9. The number of halogens is 5. The topological polar surface area (TPSA) is 223 Å². The summed E-state index contributed by atoms with van der Waals surface area (Å²) in [7, 11) is 0. The van der Waals surface area contributed by atoms with Crippen LogP contribution in [0, 0.1) is 0 Å². The molecule has 0 saturated heterocycles. The average molecular weight is 1340 g/mol. The predicted molar refractivity (Wildman–Crippen MR) is 354 cm³/mol. The average Bonchev–Trinajstić information content (AvgIpc) is 3.68. The minimum absolute atomic E-state index is 0.00445. The van der Waals surface area contributed by atoms with Crippen molar-refractivity contribution in [1.29, 1.82) is 0 Å². The van der Waals surface area contributed by atoms with E-state index < -0.39 is 12.1 Å². The Morgan fingerprint density at radius 1 is 0.360 bits per heavy atom. The van der Waals surface area contributed by atoms with Gasteiger partial charge in [0.05, 0.1) is 0 Å². The van der Waals surface area contributed by atoms with Crippen molar-refractivity contribution in [1.82, 2.24) is 44.9 Å². The monoisotopic (exact) mass is 1340 g/mol. The highest BCUT2D eigenvalue weighted by Crippen LogP contribution is 2.22. The molecule has 3 heterocycles. The molecule has 0 aliphatic heterocycles. The fraction of sp³-hybridized carbons (Fsp3) is 0.727. The van der Waals surface area contributed by atoms with Crippen LogP contribution in [0.5, 0.6) is 18.0 Å². The van der Waals surface area contributed by atoms with Crippen molar-refractivity contribution in [2.75, 3.05) is 13.2 Å². The van der Waals surface area contributed by atoms with Crippen LogP contribution < -0.4 is 14.2 Å². The summed E-state index contributed by atoms with van der Waals surface area (Å²) in [5, 5.41) is 0.141. The van der Waals surface area contributed by atoms with Crippen LogP contribution in [0.3, 0.4) is 0 Å². The summed E-state index contributed by atoms with van der Waals surface area (Å²) in [5.74, 6) is -1.11. The van der Waals surface area contributed by atoms with Crippen molar-refractivity contribution in [2.24, 2.45) is 0 Å². The van der Waals surface area contributed by atoms with Crippen molar-refractivity contribution in [3.05, 3.63) is 69.2 Å². The molecule has 3 aromatic heterocycles. The molecule has 500 valence electrons. The highest BCUT2D eigenvalue weighted by Gasteiger charge is 2.21. The number of hydrogen-bond donors (Lipinski definition) is 0. The first-order valence-electron chi connectivity index (χ1n) is 33.3. The van der Waals surface area contributed by atoms with Gasteiger partial charge in [-0.3, -0.25) is 14.4 Å². The predicted octanol–water partition coefficient (Wildman–Crippen LogP) is 19.1. The molecule has 0 amide bonds. The third-order valence-corrected chi connectivity index (χ3v) is 15.6. The van der Waals surface area contributed by atoms with Crippen LogP contribution in [0.25, 0.3) is 0 Å². The largest absolute Gasteiger partial charge is 0.462 e. The number of esters is 3. The number of nitrogens with zero attached hydrogens (tertiary/aromatic N) is 9. The smallest absolute Gasteiger partial charge is 0.322 e. The SMILES string of the molecule is CCCCCC(C/C=C/CCCCCCCCC(=O)OCC(COC(=O)CCCCCCCC/C=C/CC(CCCCC)Oc1nc(Cl)nc(Cl)n1)OC(=O)CCCCCCCC/C=C/CC(CCCCC)Oc1nc(Cl)nc(Cl)n1)Oc1ncnc(Cl)n1. The van der Waals surface area contributed by atoms with Crippen molar-refractivity contribution in [3.63, 3.8) is 0 Å². The zero-order valence-electron chi connectivity index (χ0n) is 53.4. The molecule has 18 nitrogen and oxygen atoms in total. The van der Waals surface area contributed by atoms with E-state index in [4.69, 9.17) is 86.4 Å². The lowest BCUT2D eigenvalue weighted by Gasteiger charge is -2.18. The zero-order valence-corrected chi connectivity index (χ0v) is 57.2. The van der Waals surface area contributed by atoms with Gasteiger partial charge in [-0.15, -0.1) is 0 Å². The number of allylic oxidation sites excluding steroid dienone is 3. The Labute approximate surface area is 556 Å². The van der Waals surface area contributed by atoms with Crippen LogP contribution in [0.15, 0.2) is 42.8 Å². The molecular weight excluding hydrogens is 1240 g/mol. The van der Waals surface area contributed by atoms with E-state index in [2.05, 4.69) is 102 Å². The highest BCUT2D eigenvalue weighted by atomic mass is 35.5. The molecule has 3 aromatic rings. The van der Waals surface area contributed by atoms with Gasteiger partial charge >= 0.3 is 35.9 Å². The molecule has 89 heavy (non-hydrogen) atoms. The van der Waals surface area contributed by atoms with Crippen LogP contribution in [0.4, 0.5) is 0 Å². The minimum Gasteiger partial charge on any atom is -0.462 e. The molecule has 0 spiro atoms. The molecule has 0 bridgehead atoms. The van der Waals surface area contributed by atoms with Crippen molar-refractivity contribution >= 4 is 75.9 Å². The Balaban J connectivity index is 1.35. The van der Waals surface area contributed by atoms with Crippen LogP contribution in [0.1, 0.15) is 271 Å². The van der Waals surface area contributed by atoms with Crippen LogP contribution >= 0.6 is 58.0 Å². The Bertz CT molecular complexity index is 2390. The van der Waals surface area contributed by atoms with Gasteiger partial charge in [0, 0.05) is 38.5 Å². The summed E-state index contributed by atoms with van der Waals surface area (Å²) in [6.07, 6.45) is 49.5. The summed E-state index contributed by atoms with van der Waals surface area (Å²) in [4.78, 5) is 74.7. The Morgan fingerprint density at radius 3 is 1.04 bits per heavy atom. The first-order valence-corrected chi connectivity index (χ1v) is 35.2. The summed E-state index contributed by atoms with van der Waals surface area (Å²) in [6.45, 7) is 6.19. The number of carbonyl (C=O) groups is 3. The third-order valence-electron chi connectivity index (χ3n) is 14.7. The number of ether oxygens (including phenoxy) is 6. The lowest BCUT2D eigenvalue weighted by molar-refractivity contribution is -0.167. The molecule has 23 heteroatoms. The second-order valence-corrected chi connectivity index (χ2v) is 24.3. The molecule has 0 N–H and O–H groups in total. The van der Waals surface area contributed by atoms with Gasteiger partial charge in [-0.1, -0.05) is 173 Å². The summed E-state index contributed by atoms with van der Waals surface area (Å²) in [5.41, 5.74) is 0. The van der Waals surface area contributed by atoms with Gasteiger partial charge in [0.25, 0.3) is 0 Å². The maximum absolute atomic E-state index is 13.1. The Morgan fingerprint density at radius 2 is 0.685 bits per heavy atom. The Kier molecular flexibility index (Phi) is 47.0. The van der Waals surface area contributed by atoms with Gasteiger partial charge in [0.2, 0.25) is 26.4 Å². The molecular formula is C66H102Cl5N9O9. The van der Waals surface area contributed by atoms with E-state index in [-0.39, 0.29) is 107 Å². The summed E-state index contributed by atoms with van der Waals surface area (Å²) in [6, 6.07) is 0.540. The van der Waals surface area contributed by atoms with E-state index in [0.29, 0.717) is 19.3 Å². The molecule has 3 rings (SSSR count). The van der Waals surface area contributed by atoms with Gasteiger partial charge in [0.15, 0.2) is 6.10 Å². The lowest BCUT2D eigenvalue weighted by atomic mass is 10.1. The van der Waals surface area contributed by atoms with Gasteiger partial charge in [0.1, 0.15) is 37.9 Å². The normalized spacial score (nSPS) is 13.0. The minimum atomic E-state index is -0.882. The fourth-order valence-electron chi connectivity index (χ4n) is 9.72. The number of unbranched alkanes of at least 4 members (excludes halogenated alkanes) is 24. The second-order valence-electron chi connectivity index (χ2n) is 22.6. The van der Waals surface area contributed by atoms with E-state index >= 15 is 0 Å². The highest BCUT2D eigenvalue weighted by molar-refractivity contribution is 6.31. The second kappa shape index (κ2) is 53.1. The van der Waals surface area contributed by atoms with E-state index in [9.17, 15) is 14.4 Å². The molecule has 4 atom stereocenters. The first-order chi connectivity index (χ1) is 43.3. The quantitative estimate of drug-likeness (QED) is 0.0222. The molecule has 0 aliphatic rings. The Hall–Kier alpha value is -4.49. The number of carbonyl (C=O) groups excluding carboxylic acids is 3. The van der Waals surface area contributed by atoms with E-state index in [1.54, 1.807) is 0 Å². The van der Waals surface area contributed by atoms with Gasteiger partial charge < -0.3 is 28.4 Å².